The van der Waals surface area contributed by atoms with Crippen LogP contribution in [0.2, 0.25) is 0 Å². The summed E-state index contributed by atoms with van der Waals surface area (Å²) < 4.78 is 9.00. The molecule has 0 saturated carbocycles. The molecule has 0 N–H and O–H groups in total. The van der Waals surface area contributed by atoms with Crippen molar-refractivity contribution in [3.63, 3.8) is 0 Å². The average Bonchev–Trinajstić information content (AvgIpc) is 1.01. The molecule has 0 atom stereocenters. The number of rotatable bonds is 9. The van der Waals surface area contributed by atoms with Gasteiger partial charge >= 0.3 is 0 Å². The Labute approximate surface area is 574 Å². The second kappa shape index (κ2) is 23.0. The number of nitriles is 5. The Kier molecular flexibility index (Phi) is 13.4. The molecule has 10 heteroatoms. The predicted octanol–water partition coefficient (Wildman–Crippen LogP) is 21.8. The van der Waals surface area contributed by atoms with E-state index in [0.29, 0.717) is 27.8 Å². The van der Waals surface area contributed by atoms with Crippen LogP contribution in [-0.4, -0.2) is 23.3 Å². The van der Waals surface area contributed by atoms with Gasteiger partial charge in [-0.2, -0.15) is 26.3 Å². The molecule has 0 unspecified atom stereocenters. The summed E-state index contributed by atoms with van der Waals surface area (Å²) in [5.74, 6) is 0. The Hall–Kier alpha value is -14.3. The summed E-state index contributed by atoms with van der Waals surface area (Å²) in [6, 6.07) is 108. The van der Waals surface area contributed by atoms with E-state index in [-0.39, 0.29) is 0 Å². The molecule has 100 heavy (non-hydrogen) atoms. The third-order valence-electron chi connectivity index (χ3n) is 19.8. The van der Waals surface area contributed by atoms with E-state index in [0.717, 1.165) is 177 Å². The Morgan fingerprint density at radius 2 is 0.470 bits per heavy atom. The summed E-state index contributed by atoms with van der Waals surface area (Å²) in [5.41, 5.74) is 24.4. The van der Waals surface area contributed by atoms with Crippen LogP contribution in [0.15, 0.2) is 279 Å². The minimum absolute atomic E-state index is 0.474. The molecule has 18 aromatic rings. The summed E-state index contributed by atoms with van der Waals surface area (Å²) in [4.78, 5) is 4.98. The van der Waals surface area contributed by atoms with Crippen molar-refractivity contribution in [1.82, 2.24) is 23.3 Å². The van der Waals surface area contributed by atoms with E-state index in [9.17, 15) is 26.3 Å². The van der Waals surface area contributed by atoms with Crippen LogP contribution in [0.25, 0.3) is 166 Å². The SMILES string of the molecule is Cc1cc(-c2c(-c3ccc(-n4c5ccccc5c5cc(C#N)ccc54)cc3)c(C#N)c(-c3ccc(-n4c5ccccc5c5cc(C#N)ccc54)cc3)c(-c3ccc(-n4c5ccccc5c5cc(C#N)ccc54)cc3)c2-c2ccc(-n3c4ccccc4c4cc(C#N)ccc43)cc2)cc(C)n1. The monoisotopic (exact) mass is 1270 g/mol. The number of hydrogen-bond acceptors (Lipinski definition) is 6. The zero-order chi connectivity index (χ0) is 67.4. The second-order valence-corrected chi connectivity index (χ2v) is 25.5. The maximum atomic E-state index is 12.6. The maximum absolute atomic E-state index is 12.6. The molecule has 0 amide bonds. The van der Waals surface area contributed by atoms with Crippen LogP contribution in [0.4, 0.5) is 0 Å². The molecule has 13 aromatic carbocycles. The number of nitrogens with zero attached hydrogens (tertiary/aromatic N) is 10. The zero-order valence-electron chi connectivity index (χ0n) is 54.0. The molecule has 18 rings (SSSR count). The van der Waals surface area contributed by atoms with Crippen molar-refractivity contribution >= 4 is 87.2 Å². The van der Waals surface area contributed by atoms with E-state index < -0.39 is 0 Å². The van der Waals surface area contributed by atoms with Gasteiger partial charge in [-0.3, -0.25) is 4.98 Å². The largest absolute Gasteiger partial charge is 0.309 e. The molecule has 0 bridgehead atoms. The van der Waals surface area contributed by atoms with Crippen molar-refractivity contribution in [2.75, 3.05) is 0 Å². The van der Waals surface area contributed by atoms with Gasteiger partial charge in [0.1, 0.15) is 6.07 Å². The summed E-state index contributed by atoms with van der Waals surface area (Å²) in [6.45, 7) is 4.04. The Balaban J connectivity index is 0.943. The summed E-state index contributed by atoms with van der Waals surface area (Å²) in [5, 5.41) is 61.0. The number of fused-ring (bicyclic) bond motifs is 12. The molecule has 0 fully saturated rings. The van der Waals surface area contributed by atoms with Crippen LogP contribution in [0, 0.1) is 70.5 Å². The van der Waals surface area contributed by atoms with E-state index in [1.54, 1.807) is 0 Å². The van der Waals surface area contributed by atoms with E-state index >= 15 is 0 Å². The lowest BCUT2D eigenvalue weighted by molar-refractivity contribution is 1.12. The Bertz CT molecular complexity index is 6740. The van der Waals surface area contributed by atoms with Gasteiger partial charge in [0.15, 0.2) is 0 Å². The number of benzene rings is 13. The van der Waals surface area contributed by atoms with Crippen molar-refractivity contribution in [2.24, 2.45) is 0 Å². The molecule has 0 saturated heterocycles. The number of aryl methyl sites for hydroxylation is 2. The van der Waals surface area contributed by atoms with Gasteiger partial charge in [0, 0.05) is 88.4 Å². The third kappa shape index (κ3) is 9.03. The number of pyridine rings is 1. The van der Waals surface area contributed by atoms with Crippen LogP contribution >= 0.6 is 0 Å². The molecule has 462 valence electrons. The highest BCUT2D eigenvalue weighted by molar-refractivity contribution is 6.15. The molecular weight excluding hydrogens is 1220 g/mol. The first kappa shape index (κ1) is 58.3. The van der Waals surface area contributed by atoms with E-state index in [4.69, 9.17) is 4.98 Å². The average molecular weight is 1270 g/mol. The fourth-order valence-corrected chi connectivity index (χ4v) is 15.7. The van der Waals surface area contributed by atoms with Crippen LogP contribution < -0.4 is 0 Å². The highest BCUT2D eigenvalue weighted by Crippen LogP contribution is 2.54. The van der Waals surface area contributed by atoms with Crippen molar-refractivity contribution in [3.8, 4) is 109 Å². The molecule has 5 aromatic heterocycles. The highest BCUT2D eigenvalue weighted by Gasteiger charge is 2.30. The molecule has 0 spiro atoms. The Morgan fingerprint density at radius 1 is 0.230 bits per heavy atom. The maximum Gasteiger partial charge on any atom is 0.100 e. The first-order valence-electron chi connectivity index (χ1n) is 33.0. The Morgan fingerprint density at radius 3 is 0.740 bits per heavy atom. The van der Waals surface area contributed by atoms with Crippen molar-refractivity contribution in [1.29, 1.82) is 26.3 Å². The van der Waals surface area contributed by atoms with Crippen LogP contribution in [0.5, 0.6) is 0 Å². The fraction of sp³-hybridized carbons (Fsp3) is 0.0222. The van der Waals surface area contributed by atoms with Gasteiger partial charge in [-0.15, -0.1) is 0 Å². The molecule has 0 aliphatic rings. The van der Waals surface area contributed by atoms with Gasteiger partial charge in [-0.05, 0) is 216 Å². The zero-order valence-corrected chi connectivity index (χ0v) is 54.0. The molecule has 0 aliphatic heterocycles. The topological polar surface area (TPSA) is 152 Å². The minimum atomic E-state index is 0.474. The number of para-hydroxylation sites is 4. The van der Waals surface area contributed by atoms with Gasteiger partial charge in [0.2, 0.25) is 0 Å². The van der Waals surface area contributed by atoms with Gasteiger partial charge in [-0.1, -0.05) is 121 Å². The van der Waals surface area contributed by atoms with E-state index in [1.165, 1.54) is 0 Å². The third-order valence-corrected chi connectivity index (χ3v) is 19.8. The lowest BCUT2D eigenvalue weighted by Crippen LogP contribution is -2.04. The summed E-state index contributed by atoms with van der Waals surface area (Å²) in [7, 11) is 0. The summed E-state index contributed by atoms with van der Waals surface area (Å²) >= 11 is 0. The first-order chi connectivity index (χ1) is 49.2. The highest BCUT2D eigenvalue weighted by atomic mass is 15.0. The second-order valence-electron chi connectivity index (χ2n) is 25.5. The first-order valence-corrected chi connectivity index (χ1v) is 33.0. The normalized spacial score (nSPS) is 11.4. The fourth-order valence-electron chi connectivity index (χ4n) is 15.7. The van der Waals surface area contributed by atoms with E-state index in [1.807, 2.05) is 135 Å². The van der Waals surface area contributed by atoms with E-state index in [2.05, 4.69) is 206 Å². The van der Waals surface area contributed by atoms with Gasteiger partial charge in [0.05, 0.1) is 96.2 Å². The lowest BCUT2D eigenvalue weighted by atomic mass is 9.75. The molecule has 10 nitrogen and oxygen atoms in total. The smallest absolute Gasteiger partial charge is 0.100 e. The molecular formula is C90H52N10. The van der Waals surface area contributed by atoms with Crippen LogP contribution in [0.1, 0.15) is 39.2 Å². The quantitative estimate of drug-likeness (QED) is 0.140. The van der Waals surface area contributed by atoms with Gasteiger partial charge in [-0.25, -0.2) is 0 Å². The number of aromatic nitrogens is 5. The van der Waals surface area contributed by atoms with Gasteiger partial charge in [0.25, 0.3) is 0 Å². The standard InChI is InChI=1S/C90H52N10/c1-54-43-64(44-55(2)96-54)90-87(61-25-33-66(34-26-61)98-79-16-8-4-12-70(79)74-46-57(50-92)20-40-83(74)98)77(53-95)86(60-23-31-65(32-24-60)97-78-15-7-3-11-69(78)73-45-56(49-91)19-39-82(73)97)88(62-27-35-67(36-28-62)99-80-17-9-5-13-71(80)75-47-58(51-93)21-41-84(75)99)89(90)63-29-37-68(38-30-63)100-81-18-10-6-14-72(81)76-48-59(52-94)22-42-85(76)100/h3-48H,1-2H3. The van der Waals surface area contributed by atoms with Crippen LogP contribution in [0.3, 0.4) is 0 Å². The molecule has 0 aliphatic carbocycles. The van der Waals surface area contributed by atoms with Crippen molar-refractivity contribution in [2.45, 2.75) is 13.8 Å². The number of hydrogen-bond donors (Lipinski definition) is 0. The molecule has 5 heterocycles. The molecule has 0 radical (unpaired) electrons. The lowest BCUT2D eigenvalue weighted by Gasteiger charge is -2.27. The predicted molar refractivity (Wildman–Crippen MR) is 402 cm³/mol. The van der Waals surface area contributed by atoms with Crippen molar-refractivity contribution < 1.29 is 0 Å². The van der Waals surface area contributed by atoms with Crippen LogP contribution in [-0.2, 0) is 0 Å². The summed E-state index contributed by atoms with van der Waals surface area (Å²) in [6.07, 6.45) is 0. The van der Waals surface area contributed by atoms with Crippen molar-refractivity contribution in [3.05, 3.63) is 318 Å². The minimum Gasteiger partial charge on any atom is -0.309 e. The van der Waals surface area contributed by atoms with Gasteiger partial charge < -0.3 is 18.3 Å².